The number of hydrogen-bond donors (Lipinski definition) is 2. The van der Waals surface area contributed by atoms with Gasteiger partial charge in [-0.1, -0.05) is 20.8 Å². The van der Waals surface area contributed by atoms with Gasteiger partial charge in [-0.05, 0) is 24.8 Å². The minimum atomic E-state index is -3.46. The number of H-pyrrole nitrogens is 1. The summed E-state index contributed by atoms with van der Waals surface area (Å²) in [5.41, 5.74) is 0.707. The highest BCUT2D eigenvalue weighted by Gasteiger charge is 2.33. The molecule has 2 atom stereocenters. The fraction of sp³-hybridized carbons (Fsp3) is 0.769. The van der Waals surface area contributed by atoms with Gasteiger partial charge in [0.15, 0.2) is 5.03 Å². The summed E-state index contributed by atoms with van der Waals surface area (Å²) < 4.78 is 27.0. The van der Waals surface area contributed by atoms with Crippen LogP contribution in [0.5, 0.6) is 0 Å². The maximum Gasteiger partial charge on any atom is 0.260 e. The molecule has 0 aliphatic carbocycles. The second-order valence-electron chi connectivity index (χ2n) is 5.61. The predicted octanol–water partition coefficient (Wildman–Crippen LogP) is 1.19. The highest BCUT2D eigenvalue weighted by atomic mass is 32.2. The largest absolute Gasteiger partial charge is 0.313 e. The highest BCUT2D eigenvalue weighted by Crippen LogP contribution is 2.27. The second-order valence-corrected chi connectivity index (χ2v) is 7.49. The molecule has 2 N–H and O–H groups in total. The Morgan fingerprint density at radius 2 is 2.20 bits per heavy atom. The van der Waals surface area contributed by atoms with E-state index in [1.807, 2.05) is 6.92 Å². The molecule has 0 aromatic carbocycles. The Labute approximate surface area is 121 Å². The van der Waals surface area contributed by atoms with Crippen LogP contribution in [0.15, 0.2) is 11.2 Å². The van der Waals surface area contributed by atoms with Gasteiger partial charge in [0.25, 0.3) is 10.0 Å². The Bertz CT molecular complexity index is 540. The van der Waals surface area contributed by atoms with E-state index < -0.39 is 10.0 Å². The van der Waals surface area contributed by atoms with E-state index in [-0.39, 0.29) is 5.03 Å². The molecular formula is C13H24N4O2S. The van der Waals surface area contributed by atoms with E-state index in [1.54, 1.807) is 10.5 Å². The molecule has 1 saturated heterocycles. The molecule has 1 aliphatic heterocycles. The van der Waals surface area contributed by atoms with Crippen molar-refractivity contribution in [2.45, 2.75) is 38.8 Å². The van der Waals surface area contributed by atoms with Crippen LogP contribution in [0, 0.1) is 11.8 Å². The quantitative estimate of drug-likeness (QED) is 0.856. The van der Waals surface area contributed by atoms with Gasteiger partial charge in [-0.2, -0.15) is 9.40 Å². The van der Waals surface area contributed by atoms with Crippen LogP contribution in [0.4, 0.5) is 0 Å². The van der Waals surface area contributed by atoms with Crippen LogP contribution in [-0.2, 0) is 16.6 Å². The van der Waals surface area contributed by atoms with Gasteiger partial charge in [0.05, 0.1) is 6.20 Å². The zero-order valence-corrected chi connectivity index (χ0v) is 13.2. The molecule has 0 spiro atoms. The van der Waals surface area contributed by atoms with Crippen molar-refractivity contribution in [1.82, 2.24) is 19.8 Å². The number of piperidine rings is 1. The van der Waals surface area contributed by atoms with Gasteiger partial charge in [-0.15, -0.1) is 0 Å². The van der Waals surface area contributed by atoms with E-state index in [1.165, 1.54) is 0 Å². The van der Waals surface area contributed by atoms with Gasteiger partial charge in [0.2, 0.25) is 0 Å². The molecule has 1 aromatic rings. The number of aromatic amines is 1. The molecule has 6 nitrogen and oxygen atoms in total. The second kappa shape index (κ2) is 6.24. The molecule has 1 fully saturated rings. The minimum absolute atomic E-state index is 0.236. The molecule has 20 heavy (non-hydrogen) atoms. The topological polar surface area (TPSA) is 78.1 Å². The summed E-state index contributed by atoms with van der Waals surface area (Å²) >= 11 is 0. The summed E-state index contributed by atoms with van der Waals surface area (Å²) in [7, 11) is -3.46. The van der Waals surface area contributed by atoms with Crippen LogP contribution in [0.3, 0.4) is 0 Å². The van der Waals surface area contributed by atoms with Crippen LogP contribution >= 0.6 is 0 Å². The predicted molar refractivity (Wildman–Crippen MR) is 77.7 cm³/mol. The maximum atomic E-state index is 12.7. The molecule has 0 saturated carbocycles. The molecule has 2 heterocycles. The zero-order chi connectivity index (χ0) is 14.8. The van der Waals surface area contributed by atoms with Crippen molar-refractivity contribution in [3.8, 4) is 0 Å². The first-order valence-electron chi connectivity index (χ1n) is 7.20. The number of aromatic nitrogens is 2. The average molecular weight is 300 g/mol. The first-order valence-corrected chi connectivity index (χ1v) is 8.64. The van der Waals surface area contributed by atoms with Crippen molar-refractivity contribution in [3.05, 3.63) is 11.8 Å². The normalized spacial score (nSPS) is 24.9. The molecule has 2 unspecified atom stereocenters. The van der Waals surface area contributed by atoms with Crippen molar-refractivity contribution >= 4 is 10.0 Å². The van der Waals surface area contributed by atoms with E-state index in [2.05, 4.69) is 29.4 Å². The summed E-state index contributed by atoms with van der Waals surface area (Å²) in [6.45, 7) is 8.77. The lowest BCUT2D eigenvalue weighted by molar-refractivity contribution is 0.212. The number of nitrogens with one attached hydrogen (secondary N) is 2. The van der Waals surface area contributed by atoms with Crippen molar-refractivity contribution < 1.29 is 8.42 Å². The first-order chi connectivity index (χ1) is 9.46. The Balaban J connectivity index is 2.20. The third kappa shape index (κ3) is 3.05. The summed E-state index contributed by atoms with van der Waals surface area (Å²) in [5, 5.41) is 9.93. The summed E-state index contributed by atoms with van der Waals surface area (Å²) in [5.74, 6) is 0.961. The maximum absolute atomic E-state index is 12.7. The third-order valence-corrected chi connectivity index (χ3v) is 6.02. The lowest BCUT2D eigenvalue weighted by Crippen LogP contribution is -2.42. The van der Waals surface area contributed by atoms with Crippen LogP contribution in [-0.4, -0.2) is 42.6 Å². The zero-order valence-electron chi connectivity index (χ0n) is 12.4. The minimum Gasteiger partial charge on any atom is -0.313 e. The van der Waals surface area contributed by atoms with E-state index in [0.717, 1.165) is 13.0 Å². The number of hydrogen-bond acceptors (Lipinski definition) is 4. The van der Waals surface area contributed by atoms with E-state index in [9.17, 15) is 8.42 Å². The molecule has 1 aromatic heterocycles. The fourth-order valence-electron chi connectivity index (χ4n) is 2.48. The lowest BCUT2D eigenvalue weighted by Gasteiger charge is -2.34. The van der Waals surface area contributed by atoms with Crippen LogP contribution in [0.2, 0.25) is 0 Å². The number of sulfonamides is 1. The van der Waals surface area contributed by atoms with Crippen molar-refractivity contribution in [1.29, 1.82) is 0 Å². The van der Waals surface area contributed by atoms with Gasteiger partial charge in [-0.25, -0.2) is 8.42 Å². The van der Waals surface area contributed by atoms with Gasteiger partial charge >= 0.3 is 0 Å². The van der Waals surface area contributed by atoms with Crippen LogP contribution in [0.1, 0.15) is 32.8 Å². The van der Waals surface area contributed by atoms with E-state index in [0.29, 0.717) is 37.0 Å². The van der Waals surface area contributed by atoms with E-state index in [4.69, 9.17) is 0 Å². The lowest BCUT2D eigenvalue weighted by atomic mass is 9.90. The standard InChI is InChI=1S/C13H24N4O2S/c1-4-14-7-12-8-15-16-13(12)20(18,19)17-6-5-10(2)11(3)9-17/h8,10-11,14H,4-7,9H2,1-3H3,(H,15,16). The SMILES string of the molecule is CCNCc1cn[nH]c1S(=O)(=O)N1CCC(C)C(C)C1. The van der Waals surface area contributed by atoms with Crippen LogP contribution < -0.4 is 5.32 Å². The van der Waals surface area contributed by atoms with Gasteiger partial charge in [0.1, 0.15) is 0 Å². The molecule has 1 aliphatic rings. The summed E-state index contributed by atoms with van der Waals surface area (Å²) in [6.07, 6.45) is 2.50. The van der Waals surface area contributed by atoms with Crippen molar-refractivity contribution in [3.63, 3.8) is 0 Å². The Kier molecular flexibility index (Phi) is 4.82. The smallest absolute Gasteiger partial charge is 0.260 e. The summed E-state index contributed by atoms with van der Waals surface area (Å²) in [6, 6.07) is 0. The third-order valence-electron chi connectivity index (χ3n) is 4.14. The van der Waals surface area contributed by atoms with Crippen molar-refractivity contribution in [2.75, 3.05) is 19.6 Å². The summed E-state index contributed by atoms with van der Waals surface area (Å²) in [4.78, 5) is 0. The molecule has 2 rings (SSSR count). The van der Waals surface area contributed by atoms with Gasteiger partial charge < -0.3 is 5.32 Å². The number of nitrogens with zero attached hydrogens (tertiary/aromatic N) is 2. The van der Waals surface area contributed by atoms with Crippen LogP contribution in [0.25, 0.3) is 0 Å². The Hall–Kier alpha value is -0.920. The molecule has 0 radical (unpaired) electrons. The average Bonchev–Trinajstić information content (AvgIpc) is 2.88. The molecule has 7 heteroatoms. The molecule has 0 bridgehead atoms. The number of rotatable bonds is 5. The fourth-order valence-corrected chi connectivity index (χ4v) is 4.14. The monoisotopic (exact) mass is 300 g/mol. The van der Waals surface area contributed by atoms with Crippen molar-refractivity contribution in [2.24, 2.45) is 11.8 Å². The first kappa shape index (κ1) is 15.5. The van der Waals surface area contributed by atoms with Gasteiger partial charge in [-0.3, -0.25) is 5.10 Å². The Morgan fingerprint density at radius 3 is 2.85 bits per heavy atom. The Morgan fingerprint density at radius 1 is 1.45 bits per heavy atom. The van der Waals surface area contributed by atoms with Gasteiger partial charge in [0, 0.05) is 25.2 Å². The molecule has 0 amide bonds. The molecule has 114 valence electrons. The molecular weight excluding hydrogens is 276 g/mol. The van der Waals surface area contributed by atoms with E-state index >= 15 is 0 Å². The highest BCUT2D eigenvalue weighted by molar-refractivity contribution is 7.89.